The van der Waals surface area contributed by atoms with Crippen LogP contribution >= 0.6 is 7.82 Å². The highest BCUT2D eigenvalue weighted by molar-refractivity contribution is 7.47. The van der Waals surface area contributed by atoms with Crippen LogP contribution in [0.4, 0.5) is 21.8 Å². The predicted octanol–water partition coefficient (Wildman–Crippen LogP) is -2.44. The number of carbonyl (C=O) groups is 4. The molecule has 0 saturated carbocycles. The fourth-order valence-corrected chi connectivity index (χ4v) is 7.40. The molecule has 28 nitrogen and oxygen atoms in total. The molecule has 1 aliphatic rings. The molecule has 1 aliphatic heterocycles. The number of rotatable bonds is 21. The lowest BCUT2D eigenvalue weighted by atomic mass is 10.1. The Balaban J connectivity index is 0.890. The van der Waals surface area contributed by atoms with Crippen LogP contribution in [0.25, 0.3) is 22.3 Å². The number of nitrogens with zero attached hydrogens (tertiary/aromatic N) is 7. The summed E-state index contributed by atoms with van der Waals surface area (Å²) in [7, 11) is -4.98. The molecule has 0 radical (unpaired) electrons. The minimum atomic E-state index is -4.98. The molecule has 7 unspecified atom stereocenters. The lowest BCUT2D eigenvalue weighted by Gasteiger charge is -2.26. The minimum Gasteiger partial charge on any atom is -0.480 e. The molecule has 6 rings (SSSR count). The number of carboxylic acids is 1. The Morgan fingerprint density at radius 2 is 1.76 bits per heavy atom. The number of nitrogens with two attached hydrogens (primary N) is 2. The number of fused-ring (bicyclic) bond motifs is 2. The van der Waals surface area contributed by atoms with E-state index in [0.29, 0.717) is 11.4 Å². The maximum Gasteiger partial charge on any atom is 0.472 e. The number of aromatic amines is 1. The summed E-state index contributed by atoms with van der Waals surface area (Å²) in [5, 5.41) is 51.0. The number of halogens is 1. The number of imidazole rings is 1. The van der Waals surface area contributed by atoms with Gasteiger partial charge in [0.1, 0.15) is 24.4 Å². The van der Waals surface area contributed by atoms with Gasteiger partial charge in [-0.1, -0.05) is 0 Å². The summed E-state index contributed by atoms with van der Waals surface area (Å²) < 4.78 is 43.3. The molecule has 3 amide bonds. The molecule has 14 N–H and O–H groups in total. The normalized spacial score (nSPS) is 19.4. The van der Waals surface area contributed by atoms with Crippen molar-refractivity contribution in [3.05, 3.63) is 64.5 Å². The molecule has 30 heteroatoms. The Bertz CT molecular complexity index is 2690. The summed E-state index contributed by atoms with van der Waals surface area (Å²) in [5.74, 6) is -3.88. The molecular formula is C36H44FN14O14P. The monoisotopic (exact) mass is 946 g/mol. The predicted molar refractivity (Wildman–Crippen MR) is 223 cm³/mol. The molecule has 4 aromatic heterocycles. The summed E-state index contributed by atoms with van der Waals surface area (Å²) in [4.78, 5) is 97.9. The van der Waals surface area contributed by atoms with Crippen LogP contribution in [0.1, 0.15) is 48.5 Å². The molecular weight excluding hydrogens is 902 g/mol. The summed E-state index contributed by atoms with van der Waals surface area (Å²) >= 11 is 0. The summed E-state index contributed by atoms with van der Waals surface area (Å²) in [5.41, 5.74) is 11.6. The van der Waals surface area contributed by atoms with Crippen LogP contribution in [-0.4, -0.2) is 145 Å². The quantitative estimate of drug-likeness (QED) is 0.0268. The Morgan fingerprint density at radius 3 is 2.47 bits per heavy atom. The van der Waals surface area contributed by atoms with E-state index in [1.807, 2.05) is 0 Å². The third-order valence-electron chi connectivity index (χ3n) is 9.89. The van der Waals surface area contributed by atoms with Gasteiger partial charge in [0, 0.05) is 30.6 Å². The molecule has 1 fully saturated rings. The van der Waals surface area contributed by atoms with Crippen molar-refractivity contribution >= 4 is 71.3 Å². The number of aromatic nitrogens is 8. The average Bonchev–Trinajstić information content (AvgIpc) is 3.81. The van der Waals surface area contributed by atoms with E-state index in [2.05, 4.69) is 56.2 Å². The van der Waals surface area contributed by atoms with Crippen molar-refractivity contribution in [2.45, 2.75) is 75.5 Å². The zero-order valence-corrected chi connectivity index (χ0v) is 35.4. The van der Waals surface area contributed by atoms with Crippen molar-refractivity contribution < 1.29 is 67.2 Å². The first-order valence-electron chi connectivity index (χ1n) is 19.7. The van der Waals surface area contributed by atoms with Crippen LogP contribution in [0.15, 0.2) is 41.6 Å². The number of hydrogen-bond acceptors (Lipinski definition) is 21. The second-order valence-corrected chi connectivity index (χ2v) is 16.0. The lowest BCUT2D eigenvalue weighted by molar-refractivity contribution is -0.139. The largest absolute Gasteiger partial charge is 0.480 e. The van der Waals surface area contributed by atoms with E-state index in [4.69, 9.17) is 25.3 Å². The highest BCUT2D eigenvalue weighted by atomic mass is 31.2. The number of anilines is 3. The number of ether oxygens (including phenoxy) is 1. The van der Waals surface area contributed by atoms with Crippen molar-refractivity contribution in [3.8, 4) is 0 Å². The molecule has 66 heavy (non-hydrogen) atoms. The number of aliphatic hydroxyl groups is 3. The van der Waals surface area contributed by atoms with E-state index in [1.165, 1.54) is 25.3 Å². The fourth-order valence-electron chi connectivity index (χ4n) is 6.43. The summed E-state index contributed by atoms with van der Waals surface area (Å²) in [6.07, 6.45) is -7.17. The van der Waals surface area contributed by atoms with E-state index in [0.717, 1.165) is 10.9 Å². The molecule has 1 aromatic carbocycles. The van der Waals surface area contributed by atoms with Crippen molar-refractivity contribution in [2.24, 2.45) is 0 Å². The van der Waals surface area contributed by atoms with Crippen LogP contribution in [-0.2, 0) is 39.3 Å². The molecule has 5 aromatic rings. The molecule has 0 aliphatic carbocycles. The maximum absolute atomic E-state index is 13.8. The number of aliphatic carboxylic acids is 1. The van der Waals surface area contributed by atoms with Gasteiger partial charge in [-0.2, -0.15) is 19.3 Å². The highest BCUT2D eigenvalue weighted by Crippen LogP contribution is 2.46. The second kappa shape index (κ2) is 21.0. The first-order chi connectivity index (χ1) is 31.3. The number of aliphatic hydroxyl groups excluding tert-OH is 3. The maximum atomic E-state index is 13.8. The highest BCUT2D eigenvalue weighted by Gasteiger charge is 2.46. The van der Waals surface area contributed by atoms with Gasteiger partial charge in [0.05, 0.1) is 50.1 Å². The Kier molecular flexibility index (Phi) is 15.4. The van der Waals surface area contributed by atoms with Crippen LogP contribution in [0.2, 0.25) is 0 Å². The van der Waals surface area contributed by atoms with Gasteiger partial charge in [0.15, 0.2) is 34.4 Å². The fraction of sp³-hybridized carbons (Fsp3) is 0.417. The number of phosphoric acid groups is 1. The van der Waals surface area contributed by atoms with Crippen LogP contribution in [0.3, 0.4) is 0 Å². The standard InChI is InChI=1S/C36H44FN14O14P/c1-15(65-66(61,62)63-13-21-26(55)27(56)33(64-21)51-14-43-24-28(38)47-35(37)49-30(24)51)20(12-52)45-23(54)8-9-40-22(53)7-6-19(34(59)60)46-31(57)16-2-4-17(5-3-16)41-10-18-11-42-29-25(44-18)32(58)50-36(39)48-29/h2-5,11,14-15,19-21,26-27,33,41,52,55-56H,6-10,12-13H2,1H3,(H,40,53)(H,45,54)(H,46,57)(H,59,60)(H,61,62)(H2,38,47,49)(H3,39,42,48,50,58)/t15?,19?,20?,21?,26?,27-,33?/m0/s1. The van der Waals surface area contributed by atoms with Crippen LogP contribution in [0.5, 0.6) is 0 Å². The molecule has 354 valence electrons. The zero-order valence-electron chi connectivity index (χ0n) is 34.5. The number of amides is 3. The zero-order chi connectivity index (χ0) is 47.9. The smallest absolute Gasteiger partial charge is 0.472 e. The number of carboxylic acid groups (broad SMARTS) is 1. The van der Waals surface area contributed by atoms with Crippen molar-refractivity contribution in [3.63, 3.8) is 0 Å². The second-order valence-electron chi connectivity index (χ2n) is 14.6. The minimum absolute atomic E-state index is 0.00644. The summed E-state index contributed by atoms with van der Waals surface area (Å²) in [6.45, 7) is -0.409. The molecule has 8 atom stereocenters. The van der Waals surface area contributed by atoms with E-state index in [-0.39, 0.29) is 72.0 Å². The van der Waals surface area contributed by atoms with Crippen LogP contribution < -0.4 is 38.3 Å². The van der Waals surface area contributed by atoms with Crippen molar-refractivity contribution in [1.29, 1.82) is 0 Å². The Labute approximate surface area is 370 Å². The van der Waals surface area contributed by atoms with Gasteiger partial charge in [0.2, 0.25) is 17.8 Å². The van der Waals surface area contributed by atoms with Gasteiger partial charge >= 0.3 is 19.9 Å². The molecule has 1 saturated heterocycles. The summed E-state index contributed by atoms with van der Waals surface area (Å²) in [6, 6.07) is 3.29. The van der Waals surface area contributed by atoms with Crippen molar-refractivity contribution in [1.82, 2.24) is 55.4 Å². The van der Waals surface area contributed by atoms with Gasteiger partial charge < -0.3 is 62.8 Å². The number of nitrogens with one attached hydrogen (secondary N) is 5. The lowest BCUT2D eigenvalue weighted by Crippen LogP contribution is -2.46. The average molecular weight is 947 g/mol. The van der Waals surface area contributed by atoms with Gasteiger partial charge in [-0.05, 0) is 37.6 Å². The molecule has 0 spiro atoms. The van der Waals surface area contributed by atoms with Gasteiger partial charge in [-0.15, -0.1) is 0 Å². The van der Waals surface area contributed by atoms with Gasteiger partial charge in [-0.25, -0.2) is 24.3 Å². The van der Waals surface area contributed by atoms with Crippen molar-refractivity contribution in [2.75, 3.05) is 36.5 Å². The van der Waals surface area contributed by atoms with Gasteiger partial charge in [0.25, 0.3) is 11.5 Å². The SMILES string of the molecule is CC(OP(=O)(O)OCC1OC(n2cnc3c(N)nc(F)nc32)[C@@H](O)C1O)C(CO)NC(=O)CCNC(=O)CCC(NC(=O)c1ccc(NCc2cnc3nc(N)[nH]c(=O)c3n2)cc1)C(=O)O. The first kappa shape index (κ1) is 48.6. The van der Waals surface area contributed by atoms with E-state index >= 15 is 0 Å². The number of carbonyl (C=O) groups excluding carboxylic acids is 3. The van der Waals surface area contributed by atoms with E-state index in [1.54, 1.807) is 12.1 Å². The van der Waals surface area contributed by atoms with E-state index in [9.17, 15) is 58.2 Å². The van der Waals surface area contributed by atoms with E-state index < -0.39 is 99.1 Å². The number of hydrogen-bond donors (Lipinski definition) is 12. The third kappa shape index (κ3) is 12.1. The van der Waals surface area contributed by atoms with Crippen LogP contribution in [0, 0.1) is 6.08 Å². The Hall–Kier alpha value is -6.85. The molecule has 5 heterocycles. The Morgan fingerprint density at radius 1 is 1.02 bits per heavy atom. The number of benzene rings is 1. The van der Waals surface area contributed by atoms with Gasteiger partial charge in [-0.3, -0.25) is 37.8 Å². The first-order valence-corrected chi connectivity index (χ1v) is 21.2. The topological polar surface area (TPSA) is 429 Å². The number of H-pyrrole nitrogens is 1. The number of phosphoric ester groups is 1. The number of nitrogen functional groups attached to an aromatic ring is 2. The molecule has 0 bridgehead atoms. The third-order valence-corrected chi connectivity index (χ3v) is 11.0.